The molecule has 28 heavy (non-hydrogen) atoms. The molecule has 0 aliphatic carbocycles. The first-order chi connectivity index (χ1) is 13.3. The zero-order chi connectivity index (χ0) is 20.3. The Hall–Kier alpha value is -2.55. The second-order valence-electron chi connectivity index (χ2n) is 6.68. The molecule has 1 aliphatic heterocycles. The highest BCUT2D eigenvalue weighted by molar-refractivity contribution is 5.93. The molecule has 152 valence electrons. The van der Waals surface area contributed by atoms with E-state index in [1.165, 1.54) is 9.58 Å². The number of benzene rings is 1. The van der Waals surface area contributed by atoms with Gasteiger partial charge in [-0.15, -0.1) is 0 Å². The fourth-order valence-electron chi connectivity index (χ4n) is 3.22. The van der Waals surface area contributed by atoms with Gasteiger partial charge in [0, 0.05) is 38.8 Å². The fourth-order valence-corrected chi connectivity index (χ4v) is 3.22. The van der Waals surface area contributed by atoms with E-state index in [1.807, 2.05) is 31.2 Å². The van der Waals surface area contributed by atoms with Crippen LogP contribution in [-0.2, 0) is 7.05 Å². The molecule has 1 fully saturated rings. The predicted molar refractivity (Wildman–Crippen MR) is 98.2 cm³/mol. The Kier molecular flexibility index (Phi) is 5.93. The second kappa shape index (κ2) is 8.22. The van der Waals surface area contributed by atoms with Crippen LogP contribution in [0.15, 0.2) is 30.3 Å². The van der Waals surface area contributed by atoms with Crippen molar-refractivity contribution < 1.29 is 22.7 Å². The van der Waals surface area contributed by atoms with Crippen LogP contribution < -0.4 is 4.74 Å². The lowest BCUT2D eigenvalue weighted by Crippen LogP contribution is -2.51. The van der Waals surface area contributed by atoms with Gasteiger partial charge in [0.2, 0.25) is 0 Å². The van der Waals surface area contributed by atoms with Gasteiger partial charge in [0.15, 0.2) is 0 Å². The van der Waals surface area contributed by atoms with Crippen molar-refractivity contribution in [3.05, 3.63) is 36.0 Å². The molecule has 1 amide bonds. The number of alkyl halides is 3. The van der Waals surface area contributed by atoms with Crippen LogP contribution in [0.3, 0.4) is 0 Å². The van der Waals surface area contributed by atoms with Gasteiger partial charge in [0.1, 0.15) is 11.4 Å². The summed E-state index contributed by atoms with van der Waals surface area (Å²) in [6, 6.07) is 9.14. The lowest BCUT2D eigenvalue weighted by molar-refractivity contribution is -0.148. The molecule has 3 rings (SSSR count). The second-order valence-corrected chi connectivity index (χ2v) is 6.68. The van der Waals surface area contributed by atoms with Crippen LogP contribution in [0.4, 0.5) is 13.2 Å². The van der Waals surface area contributed by atoms with E-state index in [1.54, 1.807) is 18.0 Å². The third kappa shape index (κ3) is 4.83. The Morgan fingerprint density at radius 1 is 1.14 bits per heavy atom. The molecule has 0 unspecified atom stereocenters. The van der Waals surface area contributed by atoms with Crippen LogP contribution in [0.1, 0.15) is 17.4 Å². The number of amides is 1. The summed E-state index contributed by atoms with van der Waals surface area (Å²) in [6.07, 6.45) is -4.22. The van der Waals surface area contributed by atoms with Crippen molar-refractivity contribution in [2.24, 2.45) is 7.05 Å². The molecule has 0 radical (unpaired) electrons. The maximum absolute atomic E-state index is 12.8. The van der Waals surface area contributed by atoms with Crippen LogP contribution in [0.2, 0.25) is 0 Å². The number of rotatable bonds is 5. The average molecular weight is 396 g/mol. The predicted octanol–water partition coefficient (Wildman–Crippen LogP) is 2.81. The summed E-state index contributed by atoms with van der Waals surface area (Å²) in [5.74, 6) is 0.536. The van der Waals surface area contributed by atoms with E-state index in [2.05, 4.69) is 5.10 Å². The summed E-state index contributed by atoms with van der Waals surface area (Å²) < 4.78 is 44.4. The largest absolute Gasteiger partial charge is 0.494 e. The summed E-state index contributed by atoms with van der Waals surface area (Å²) in [5, 5.41) is 4.41. The van der Waals surface area contributed by atoms with E-state index in [0.29, 0.717) is 18.0 Å². The van der Waals surface area contributed by atoms with E-state index >= 15 is 0 Å². The normalized spacial score (nSPS) is 15.7. The average Bonchev–Trinajstić information content (AvgIpc) is 3.03. The molecule has 6 nitrogen and oxygen atoms in total. The minimum absolute atomic E-state index is 0.203. The molecule has 1 aliphatic rings. The SMILES string of the molecule is CCOc1ccc(-c2cc(C(=O)N3CCN(CC(F)(F)F)CC3)n(C)n2)cc1. The highest BCUT2D eigenvalue weighted by Crippen LogP contribution is 2.23. The van der Waals surface area contributed by atoms with Gasteiger partial charge < -0.3 is 9.64 Å². The number of carbonyl (C=O) groups is 1. The topological polar surface area (TPSA) is 50.6 Å². The van der Waals surface area contributed by atoms with Crippen LogP contribution >= 0.6 is 0 Å². The van der Waals surface area contributed by atoms with Crippen LogP contribution in [-0.4, -0.2) is 71.0 Å². The van der Waals surface area contributed by atoms with Crippen molar-refractivity contribution in [2.45, 2.75) is 13.1 Å². The first-order valence-electron chi connectivity index (χ1n) is 9.12. The summed E-state index contributed by atoms with van der Waals surface area (Å²) in [7, 11) is 1.69. The number of carbonyl (C=O) groups excluding carboxylic acids is 1. The Morgan fingerprint density at radius 3 is 2.36 bits per heavy atom. The number of hydrogen-bond donors (Lipinski definition) is 0. The molecule has 2 heterocycles. The smallest absolute Gasteiger partial charge is 0.401 e. The van der Waals surface area contributed by atoms with E-state index < -0.39 is 12.7 Å². The molecule has 0 atom stereocenters. The quantitative estimate of drug-likeness (QED) is 0.780. The molecular formula is C19H23F3N4O2. The summed E-state index contributed by atoms with van der Waals surface area (Å²) in [5.41, 5.74) is 1.92. The molecule has 1 aromatic carbocycles. The van der Waals surface area contributed by atoms with Gasteiger partial charge in [-0.3, -0.25) is 14.4 Å². The van der Waals surface area contributed by atoms with Gasteiger partial charge >= 0.3 is 6.18 Å². The third-order valence-electron chi connectivity index (χ3n) is 4.62. The highest BCUT2D eigenvalue weighted by Gasteiger charge is 2.33. The van der Waals surface area contributed by atoms with E-state index in [4.69, 9.17) is 4.74 Å². The first-order valence-corrected chi connectivity index (χ1v) is 9.12. The van der Waals surface area contributed by atoms with Gasteiger partial charge in [-0.05, 0) is 37.3 Å². The molecular weight excluding hydrogens is 373 g/mol. The summed E-state index contributed by atoms with van der Waals surface area (Å²) in [4.78, 5) is 15.7. The maximum Gasteiger partial charge on any atom is 0.401 e. The van der Waals surface area contributed by atoms with Crippen molar-refractivity contribution in [1.29, 1.82) is 0 Å². The maximum atomic E-state index is 12.8. The van der Waals surface area contributed by atoms with E-state index in [9.17, 15) is 18.0 Å². The Bertz CT molecular complexity index is 810. The van der Waals surface area contributed by atoms with Crippen molar-refractivity contribution in [2.75, 3.05) is 39.3 Å². The number of nitrogens with zero attached hydrogens (tertiary/aromatic N) is 4. The molecule has 2 aromatic rings. The number of aryl methyl sites for hydroxylation is 1. The summed E-state index contributed by atoms with van der Waals surface area (Å²) in [6.45, 7) is 2.48. The first kappa shape index (κ1) is 20.2. The number of aromatic nitrogens is 2. The Balaban J connectivity index is 1.67. The lowest BCUT2D eigenvalue weighted by Gasteiger charge is -2.34. The molecule has 0 bridgehead atoms. The molecule has 1 aromatic heterocycles. The lowest BCUT2D eigenvalue weighted by atomic mass is 10.1. The zero-order valence-corrected chi connectivity index (χ0v) is 15.9. The minimum Gasteiger partial charge on any atom is -0.494 e. The van der Waals surface area contributed by atoms with E-state index in [0.717, 1.165) is 11.3 Å². The fraction of sp³-hybridized carbons (Fsp3) is 0.474. The number of piperazine rings is 1. The standard InChI is InChI=1S/C19H23F3N4O2/c1-3-28-15-6-4-14(5-7-15)16-12-17(24(2)23-16)18(27)26-10-8-25(9-11-26)13-19(20,21)22/h4-7,12H,3,8-11,13H2,1-2H3. The summed E-state index contributed by atoms with van der Waals surface area (Å²) >= 11 is 0. The Labute approximate surface area is 161 Å². The molecule has 0 saturated carbocycles. The third-order valence-corrected chi connectivity index (χ3v) is 4.62. The van der Waals surface area contributed by atoms with Gasteiger partial charge in [0.05, 0.1) is 18.8 Å². The Morgan fingerprint density at radius 2 is 1.79 bits per heavy atom. The van der Waals surface area contributed by atoms with Crippen molar-refractivity contribution in [3.8, 4) is 17.0 Å². The molecule has 9 heteroatoms. The highest BCUT2D eigenvalue weighted by atomic mass is 19.4. The van der Waals surface area contributed by atoms with Gasteiger partial charge in [0.25, 0.3) is 5.91 Å². The minimum atomic E-state index is -4.22. The van der Waals surface area contributed by atoms with Crippen molar-refractivity contribution >= 4 is 5.91 Å². The van der Waals surface area contributed by atoms with Crippen molar-refractivity contribution in [3.63, 3.8) is 0 Å². The van der Waals surface area contributed by atoms with Crippen LogP contribution in [0, 0.1) is 0 Å². The van der Waals surface area contributed by atoms with Crippen molar-refractivity contribution in [1.82, 2.24) is 19.6 Å². The number of hydrogen-bond acceptors (Lipinski definition) is 4. The molecule has 0 N–H and O–H groups in total. The molecule has 0 spiro atoms. The zero-order valence-electron chi connectivity index (χ0n) is 15.9. The van der Waals surface area contributed by atoms with E-state index in [-0.39, 0.29) is 32.1 Å². The van der Waals surface area contributed by atoms with Gasteiger partial charge in [-0.25, -0.2) is 0 Å². The van der Waals surface area contributed by atoms with Crippen LogP contribution in [0.25, 0.3) is 11.3 Å². The monoisotopic (exact) mass is 396 g/mol. The van der Waals surface area contributed by atoms with Gasteiger partial charge in [-0.2, -0.15) is 18.3 Å². The van der Waals surface area contributed by atoms with Crippen LogP contribution in [0.5, 0.6) is 5.75 Å². The number of ether oxygens (including phenoxy) is 1. The van der Waals surface area contributed by atoms with Gasteiger partial charge in [-0.1, -0.05) is 0 Å². The number of halogens is 3. The molecule has 1 saturated heterocycles.